The van der Waals surface area contributed by atoms with E-state index in [9.17, 15) is 9.90 Å². The maximum absolute atomic E-state index is 11.4. The second-order valence-corrected chi connectivity index (χ2v) is 6.63. The molecule has 3 rings (SSSR count). The number of carboxylic acids is 1. The van der Waals surface area contributed by atoms with Crippen LogP contribution in [0.3, 0.4) is 0 Å². The first-order valence-corrected chi connectivity index (χ1v) is 8.13. The third-order valence-corrected chi connectivity index (χ3v) is 5.09. The first-order chi connectivity index (χ1) is 9.74. The van der Waals surface area contributed by atoms with E-state index in [1.807, 2.05) is 17.5 Å². The molecule has 0 aromatic carbocycles. The number of hydrogen-bond donors (Lipinski definition) is 2. The van der Waals surface area contributed by atoms with Crippen LogP contribution >= 0.6 is 22.7 Å². The second kappa shape index (κ2) is 6.01. The molecule has 2 aromatic heterocycles. The summed E-state index contributed by atoms with van der Waals surface area (Å²) >= 11 is 2.82. The van der Waals surface area contributed by atoms with Crippen molar-refractivity contribution in [1.29, 1.82) is 0 Å². The van der Waals surface area contributed by atoms with Gasteiger partial charge in [0, 0.05) is 26.2 Å². The van der Waals surface area contributed by atoms with Crippen molar-refractivity contribution in [3.63, 3.8) is 0 Å². The summed E-state index contributed by atoms with van der Waals surface area (Å²) in [7, 11) is 0. The molecule has 3 heterocycles. The number of thiophene rings is 1. The summed E-state index contributed by atoms with van der Waals surface area (Å²) in [6, 6.07) is 3.84. The topological polar surface area (TPSA) is 65.5 Å². The summed E-state index contributed by atoms with van der Waals surface area (Å²) in [5.74, 6) is -0.891. The number of carbonyl (C=O) groups is 1. The lowest BCUT2D eigenvalue weighted by atomic mass is 10.3. The molecule has 20 heavy (non-hydrogen) atoms. The molecule has 0 amide bonds. The predicted octanol–water partition coefficient (Wildman–Crippen LogP) is 1.97. The minimum absolute atomic E-state index is 0.345. The molecule has 2 N–H and O–H groups in total. The monoisotopic (exact) mass is 309 g/mol. The molecular formula is C13H15N3O2S2. The van der Waals surface area contributed by atoms with Crippen LogP contribution in [0.2, 0.25) is 0 Å². The molecule has 0 bridgehead atoms. The summed E-state index contributed by atoms with van der Waals surface area (Å²) < 4.78 is 0. The number of rotatable bonds is 4. The number of nitrogens with one attached hydrogen (secondary N) is 1. The molecule has 106 valence electrons. The molecule has 1 saturated heterocycles. The lowest BCUT2D eigenvalue weighted by Gasteiger charge is -2.26. The van der Waals surface area contributed by atoms with Gasteiger partial charge in [0.2, 0.25) is 0 Å². The van der Waals surface area contributed by atoms with Crippen LogP contribution in [0.25, 0.3) is 10.6 Å². The third-order valence-electron chi connectivity index (χ3n) is 3.19. The van der Waals surface area contributed by atoms with Gasteiger partial charge in [0.05, 0.1) is 11.4 Å². The molecule has 1 aliphatic heterocycles. The van der Waals surface area contributed by atoms with E-state index in [2.05, 4.69) is 15.2 Å². The van der Waals surface area contributed by atoms with Crippen LogP contribution in [0.1, 0.15) is 14.7 Å². The SMILES string of the molecule is O=C(O)c1sc(CN2CCNCC2)nc1-c1cccs1. The van der Waals surface area contributed by atoms with Crippen LogP contribution in [-0.4, -0.2) is 47.1 Å². The standard InChI is InChI=1S/C13H15N3O2S2/c17-13(18)12-11(9-2-1-7-19-9)15-10(20-12)8-16-5-3-14-4-6-16/h1-2,7,14H,3-6,8H2,(H,17,18). The molecule has 0 unspecified atom stereocenters. The maximum atomic E-state index is 11.4. The zero-order valence-electron chi connectivity index (χ0n) is 10.8. The van der Waals surface area contributed by atoms with Crippen molar-refractivity contribution in [3.05, 3.63) is 27.4 Å². The molecule has 7 heteroatoms. The minimum Gasteiger partial charge on any atom is -0.477 e. The van der Waals surface area contributed by atoms with E-state index in [0.717, 1.165) is 42.6 Å². The molecule has 0 saturated carbocycles. The molecule has 0 aliphatic carbocycles. The van der Waals surface area contributed by atoms with Gasteiger partial charge in [-0.05, 0) is 11.4 Å². The van der Waals surface area contributed by atoms with Gasteiger partial charge in [-0.15, -0.1) is 22.7 Å². The highest BCUT2D eigenvalue weighted by Gasteiger charge is 2.21. The van der Waals surface area contributed by atoms with Gasteiger partial charge in [-0.25, -0.2) is 9.78 Å². The number of aromatic carboxylic acids is 1. The Kier molecular flexibility index (Phi) is 4.11. The van der Waals surface area contributed by atoms with Gasteiger partial charge in [-0.2, -0.15) is 0 Å². The number of aromatic nitrogens is 1. The Bertz CT molecular complexity index is 589. The van der Waals surface area contributed by atoms with Gasteiger partial charge in [-0.1, -0.05) is 6.07 Å². The normalized spacial score (nSPS) is 16.4. The Balaban J connectivity index is 1.85. The van der Waals surface area contributed by atoms with Crippen LogP contribution in [0, 0.1) is 0 Å². The number of nitrogens with zero attached hydrogens (tertiary/aromatic N) is 2. The van der Waals surface area contributed by atoms with Crippen molar-refractivity contribution in [2.24, 2.45) is 0 Å². The van der Waals surface area contributed by atoms with E-state index in [1.165, 1.54) is 22.7 Å². The highest BCUT2D eigenvalue weighted by molar-refractivity contribution is 7.16. The number of piperazine rings is 1. The van der Waals surface area contributed by atoms with Crippen molar-refractivity contribution < 1.29 is 9.90 Å². The van der Waals surface area contributed by atoms with E-state index in [4.69, 9.17) is 0 Å². The Morgan fingerprint density at radius 3 is 2.90 bits per heavy atom. The zero-order chi connectivity index (χ0) is 13.9. The second-order valence-electron chi connectivity index (χ2n) is 4.59. The molecular weight excluding hydrogens is 294 g/mol. The van der Waals surface area contributed by atoms with Crippen molar-refractivity contribution in [1.82, 2.24) is 15.2 Å². The quantitative estimate of drug-likeness (QED) is 0.904. The summed E-state index contributed by atoms with van der Waals surface area (Å²) in [5.41, 5.74) is 0.614. The lowest BCUT2D eigenvalue weighted by molar-refractivity contribution is 0.0703. The molecule has 1 aliphatic rings. The molecule has 1 fully saturated rings. The number of hydrogen-bond acceptors (Lipinski definition) is 6. The van der Waals surface area contributed by atoms with Crippen molar-refractivity contribution in [2.45, 2.75) is 6.54 Å². The van der Waals surface area contributed by atoms with Crippen LogP contribution in [0.5, 0.6) is 0 Å². The van der Waals surface area contributed by atoms with Gasteiger partial charge in [-0.3, -0.25) is 4.90 Å². The van der Waals surface area contributed by atoms with Crippen molar-refractivity contribution in [3.8, 4) is 10.6 Å². The average Bonchev–Trinajstić information content (AvgIpc) is 3.08. The maximum Gasteiger partial charge on any atom is 0.348 e. The van der Waals surface area contributed by atoms with E-state index >= 15 is 0 Å². The molecule has 0 atom stereocenters. The van der Waals surface area contributed by atoms with Gasteiger partial charge < -0.3 is 10.4 Å². The molecule has 0 spiro atoms. The van der Waals surface area contributed by atoms with E-state index in [0.29, 0.717) is 10.6 Å². The van der Waals surface area contributed by atoms with Crippen molar-refractivity contribution in [2.75, 3.05) is 26.2 Å². The van der Waals surface area contributed by atoms with E-state index in [1.54, 1.807) is 0 Å². The van der Waals surface area contributed by atoms with Crippen LogP contribution < -0.4 is 5.32 Å². The number of carboxylic acid groups (broad SMARTS) is 1. The summed E-state index contributed by atoms with van der Waals surface area (Å²) in [5, 5.41) is 15.5. The van der Waals surface area contributed by atoms with Gasteiger partial charge in [0.15, 0.2) is 0 Å². The van der Waals surface area contributed by atoms with E-state index in [-0.39, 0.29) is 0 Å². The Morgan fingerprint density at radius 1 is 1.45 bits per heavy atom. The highest BCUT2D eigenvalue weighted by atomic mass is 32.1. The zero-order valence-corrected chi connectivity index (χ0v) is 12.5. The smallest absolute Gasteiger partial charge is 0.348 e. The van der Waals surface area contributed by atoms with Crippen molar-refractivity contribution >= 4 is 28.6 Å². The Hall–Kier alpha value is -1.28. The first kappa shape index (κ1) is 13.7. The summed E-state index contributed by atoms with van der Waals surface area (Å²) in [4.78, 5) is 19.5. The van der Waals surface area contributed by atoms with Crippen LogP contribution in [0.4, 0.5) is 0 Å². The summed E-state index contributed by atoms with van der Waals surface area (Å²) in [6.07, 6.45) is 0. The lowest BCUT2D eigenvalue weighted by Crippen LogP contribution is -2.42. The fraction of sp³-hybridized carbons (Fsp3) is 0.385. The van der Waals surface area contributed by atoms with Gasteiger partial charge >= 0.3 is 5.97 Å². The fourth-order valence-electron chi connectivity index (χ4n) is 2.22. The third kappa shape index (κ3) is 2.90. The molecule has 5 nitrogen and oxygen atoms in total. The average molecular weight is 309 g/mol. The molecule has 0 radical (unpaired) electrons. The highest BCUT2D eigenvalue weighted by Crippen LogP contribution is 2.31. The first-order valence-electron chi connectivity index (χ1n) is 6.44. The minimum atomic E-state index is -0.891. The molecule has 2 aromatic rings. The van der Waals surface area contributed by atoms with Crippen LogP contribution in [-0.2, 0) is 6.54 Å². The number of thiazole rings is 1. The summed E-state index contributed by atoms with van der Waals surface area (Å²) in [6.45, 7) is 4.66. The van der Waals surface area contributed by atoms with Gasteiger partial charge in [0.25, 0.3) is 0 Å². The van der Waals surface area contributed by atoms with E-state index < -0.39 is 5.97 Å². The van der Waals surface area contributed by atoms with Gasteiger partial charge in [0.1, 0.15) is 15.6 Å². The Morgan fingerprint density at radius 2 is 2.25 bits per heavy atom. The Labute approximate surface area is 124 Å². The fourth-order valence-corrected chi connectivity index (χ4v) is 3.96. The predicted molar refractivity (Wildman–Crippen MR) is 80.5 cm³/mol. The largest absolute Gasteiger partial charge is 0.477 e. The van der Waals surface area contributed by atoms with Crippen LogP contribution in [0.15, 0.2) is 17.5 Å².